The SMILES string of the molecule is CSC1=NC2(CC3(CCC(C(C)(C)C)CC3)OC3C=CC(Br)=CC32)C(=O)N1C. The smallest absolute Gasteiger partial charge is 0.257 e. The monoisotopic (exact) mass is 466 g/mol. The number of allylic oxidation sites excluding steroid dienone is 2. The molecule has 0 aromatic carbocycles. The molecule has 2 aliphatic heterocycles. The molecule has 2 fully saturated rings. The van der Waals surface area contributed by atoms with Crippen molar-refractivity contribution in [2.75, 3.05) is 13.3 Å². The van der Waals surface area contributed by atoms with E-state index in [1.807, 2.05) is 13.3 Å². The van der Waals surface area contributed by atoms with Gasteiger partial charge in [-0.05, 0) is 49.3 Å². The molecule has 3 unspecified atom stereocenters. The third-order valence-electron chi connectivity index (χ3n) is 7.23. The fraction of sp³-hybridized carbons (Fsp3) is 0.727. The van der Waals surface area contributed by atoms with E-state index in [2.05, 4.69) is 54.9 Å². The van der Waals surface area contributed by atoms with Crippen molar-refractivity contribution in [3.63, 3.8) is 0 Å². The molecular weight excluding hydrogens is 436 g/mol. The maximum Gasteiger partial charge on any atom is 0.257 e. The first-order valence-corrected chi connectivity index (χ1v) is 12.3. The number of ether oxygens (including phenoxy) is 1. The maximum atomic E-state index is 13.5. The number of hydrogen-bond acceptors (Lipinski definition) is 4. The van der Waals surface area contributed by atoms with Crippen LogP contribution in [-0.2, 0) is 9.53 Å². The number of halogens is 1. The fourth-order valence-corrected chi connectivity index (χ4v) is 6.63. The number of rotatable bonds is 0. The van der Waals surface area contributed by atoms with Crippen LogP contribution in [0.15, 0.2) is 27.7 Å². The Hall–Kier alpha value is -0.590. The first-order chi connectivity index (χ1) is 13.1. The Morgan fingerprint density at radius 2 is 2.00 bits per heavy atom. The number of amides is 1. The van der Waals surface area contributed by atoms with Gasteiger partial charge in [0.2, 0.25) is 0 Å². The number of carbonyl (C=O) groups is 1. The summed E-state index contributed by atoms with van der Waals surface area (Å²) in [6, 6.07) is 0. The van der Waals surface area contributed by atoms with Crippen LogP contribution < -0.4 is 0 Å². The number of likely N-dealkylation sites (N-methyl/N-ethyl adjacent to an activating group) is 1. The summed E-state index contributed by atoms with van der Waals surface area (Å²) in [6.45, 7) is 7.02. The zero-order valence-electron chi connectivity index (χ0n) is 17.5. The molecule has 4 rings (SSSR count). The molecule has 0 bridgehead atoms. The van der Waals surface area contributed by atoms with E-state index in [4.69, 9.17) is 9.73 Å². The van der Waals surface area contributed by atoms with Crippen LogP contribution in [0.3, 0.4) is 0 Å². The van der Waals surface area contributed by atoms with Crippen LogP contribution in [0, 0.1) is 17.3 Å². The third kappa shape index (κ3) is 3.24. The number of hydrogen-bond donors (Lipinski definition) is 0. The topological polar surface area (TPSA) is 41.9 Å². The van der Waals surface area contributed by atoms with Crippen molar-refractivity contribution < 1.29 is 9.53 Å². The molecule has 0 aromatic heterocycles. The van der Waals surface area contributed by atoms with Crippen LogP contribution in [0.1, 0.15) is 52.9 Å². The zero-order valence-corrected chi connectivity index (χ0v) is 19.9. The second-order valence-corrected chi connectivity index (χ2v) is 11.6. The molecule has 3 atom stereocenters. The minimum absolute atomic E-state index is 0.0579. The summed E-state index contributed by atoms with van der Waals surface area (Å²) in [7, 11) is 1.86. The number of carbonyl (C=O) groups excluding carboxylic acids is 1. The Balaban J connectivity index is 1.70. The summed E-state index contributed by atoms with van der Waals surface area (Å²) in [5, 5.41) is 0.822. The van der Waals surface area contributed by atoms with Crippen molar-refractivity contribution in [3.05, 3.63) is 22.7 Å². The Morgan fingerprint density at radius 1 is 1.32 bits per heavy atom. The molecule has 4 nitrogen and oxygen atoms in total. The van der Waals surface area contributed by atoms with Gasteiger partial charge in [-0.2, -0.15) is 0 Å². The molecule has 4 aliphatic rings. The number of thioether (sulfide) groups is 1. The van der Waals surface area contributed by atoms with Gasteiger partial charge in [0, 0.05) is 23.9 Å². The Labute approximate surface area is 181 Å². The minimum atomic E-state index is -0.742. The van der Waals surface area contributed by atoms with Gasteiger partial charge in [0.25, 0.3) is 5.91 Å². The fourth-order valence-electron chi connectivity index (χ4n) is 5.58. The second-order valence-electron chi connectivity index (χ2n) is 9.91. The van der Waals surface area contributed by atoms with Gasteiger partial charge >= 0.3 is 0 Å². The Bertz CT molecular complexity index is 761. The summed E-state index contributed by atoms with van der Waals surface area (Å²) in [5.74, 6) is 0.773. The Morgan fingerprint density at radius 3 is 2.57 bits per heavy atom. The van der Waals surface area contributed by atoms with E-state index >= 15 is 0 Å². The summed E-state index contributed by atoms with van der Waals surface area (Å²) in [6.07, 6.45) is 13.2. The average molecular weight is 467 g/mol. The maximum absolute atomic E-state index is 13.5. The highest BCUT2D eigenvalue weighted by molar-refractivity contribution is 9.11. The molecule has 2 spiro atoms. The molecule has 0 radical (unpaired) electrons. The van der Waals surface area contributed by atoms with Crippen molar-refractivity contribution >= 4 is 38.8 Å². The predicted octanol–water partition coefficient (Wildman–Crippen LogP) is 5.15. The van der Waals surface area contributed by atoms with E-state index in [0.29, 0.717) is 17.8 Å². The van der Waals surface area contributed by atoms with Crippen molar-refractivity contribution in [3.8, 4) is 0 Å². The van der Waals surface area contributed by atoms with E-state index < -0.39 is 5.54 Å². The molecule has 28 heavy (non-hydrogen) atoms. The van der Waals surface area contributed by atoms with E-state index in [1.54, 1.807) is 16.7 Å². The molecular formula is C22H31BrN2O2S. The summed E-state index contributed by atoms with van der Waals surface area (Å²) in [4.78, 5) is 20.4. The highest BCUT2D eigenvalue weighted by Gasteiger charge is 2.62. The standard InChI is InChI=1S/C22H31BrN2O2S/c1-20(2,3)14-8-10-21(11-9-14)13-22(18(26)25(4)19(24-22)28-5)16-12-15(23)6-7-17(16)27-21/h6-7,12,14,16-17H,8-11,13H2,1-5H3. The number of aliphatic imine (C=N–C) groups is 1. The molecule has 154 valence electrons. The van der Waals surface area contributed by atoms with Gasteiger partial charge in [-0.1, -0.05) is 60.6 Å². The van der Waals surface area contributed by atoms with Crippen LogP contribution in [0.25, 0.3) is 0 Å². The number of fused-ring (bicyclic) bond motifs is 2. The minimum Gasteiger partial charge on any atom is -0.367 e. The van der Waals surface area contributed by atoms with Crippen molar-refractivity contribution in [1.29, 1.82) is 0 Å². The molecule has 1 saturated carbocycles. The average Bonchev–Trinajstić information content (AvgIpc) is 2.87. The lowest BCUT2D eigenvalue weighted by Gasteiger charge is -2.54. The van der Waals surface area contributed by atoms with Crippen molar-refractivity contribution in [2.24, 2.45) is 22.2 Å². The summed E-state index contributed by atoms with van der Waals surface area (Å²) < 4.78 is 7.78. The molecule has 1 saturated heterocycles. The molecule has 0 N–H and O–H groups in total. The van der Waals surface area contributed by atoms with Crippen LogP contribution in [0.5, 0.6) is 0 Å². The van der Waals surface area contributed by atoms with Gasteiger partial charge in [0.15, 0.2) is 10.7 Å². The van der Waals surface area contributed by atoms with Crippen molar-refractivity contribution in [2.45, 2.75) is 70.1 Å². The molecule has 0 aromatic rings. The van der Waals surface area contributed by atoms with Crippen LogP contribution in [0.4, 0.5) is 0 Å². The number of amidine groups is 1. The van der Waals surface area contributed by atoms with E-state index in [-0.39, 0.29) is 23.5 Å². The highest BCUT2D eigenvalue weighted by atomic mass is 79.9. The van der Waals surface area contributed by atoms with E-state index in [1.165, 1.54) is 0 Å². The third-order valence-corrected chi connectivity index (χ3v) is 8.49. The van der Waals surface area contributed by atoms with Crippen LogP contribution in [-0.4, -0.2) is 46.5 Å². The quantitative estimate of drug-likeness (QED) is 0.495. The van der Waals surface area contributed by atoms with Gasteiger partial charge in [-0.15, -0.1) is 0 Å². The van der Waals surface area contributed by atoms with E-state index in [0.717, 1.165) is 35.3 Å². The van der Waals surface area contributed by atoms with E-state index in [9.17, 15) is 4.79 Å². The molecule has 2 heterocycles. The van der Waals surface area contributed by atoms with Gasteiger partial charge in [-0.3, -0.25) is 9.69 Å². The molecule has 2 aliphatic carbocycles. The first kappa shape index (κ1) is 20.7. The first-order valence-electron chi connectivity index (χ1n) is 10.3. The molecule has 1 amide bonds. The van der Waals surface area contributed by atoms with Gasteiger partial charge in [0.1, 0.15) is 0 Å². The lowest BCUT2D eigenvalue weighted by atomic mass is 9.62. The van der Waals surface area contributed by atoms with Crippen LogP contribution in [0.2, 0.25) is 0 Å². The van der Waals surface area contributed by atoms with Gasteiger partial charge < -0.3 is 4.74 Å². The summed E-state index contributed by atoms with van der Waals surface area (Å²) in [5.41, 5.74) is -0.671. The largest absolute Gasteiger partial charge is 0.367 e. The van der Waals surface area contributed by atoms with Crippen molar-refractivity contribution in [1.82, 2.24) is 4.90 Å². The second kappa shape index (κ2) is 6.98. The lowest BCUT2D eigenvalue weighted by Crippen LogP contribution is -2.62. The van der Waals surface area contributed by atoms with Gasteiger partial charge in [-0.25, -0.2) is 4.99 Å². The predicted molar refractivity (Wildman–Crippen MR) is 120 cm³/mol. The summed E-state index contributed by atoms with van der Waals surface area (Å²) >= 11 is 5.16. The van der Waals surface area contributed by atoms with Gasteiger partial charge in [0.05, 0.1) is 11.7 Å². The number of nitrogens with zero attached hydrogens (tertiary/aromatic N) is 2. The highest BCUT2D eigenvalue weighted by Crippen LogP contribution is 2.55. The zero-order chi connectivity index (χ0) is 20.3. The molecule has 6 heteroatoms. The van der Waals surface area contributed by atoms with Crippen LogP contribution >= 0.6 is 27.7 Å². The lowest BCUT2D eigenvalue weighted by molar-refractivity contribution is -0.182. The Kier molecular flexibility index (Phi) is 5.16. The normalized spacial score (nSPS) is 40.7.